The van der Waals surface area contributed by atoms with E-state index in [9.17, 15) is 19.1 Å². The fraction of sp³-hybridized carbons (Fsp3) is 0.300. The number of nitrogens with zero attached hydrogens (tertiary/aromatic N) is 1. The van der Waals surface area contributed by atoms with E-state index in [-0.39, 0.29) is 23.3 Å². The molecule has 0 spiro atoms. The molecule has 1 heterocycles. The van der Waals surface area contributed by atoms with Gasteiger partial charge in [-0.2, -0.15) is 0 Å². The van der Waals surface area contributed by atoms with Gasteiger partial charge in [0.2, 0.25) is 0 Å². The Labute approximate surface area is 145 Å². The van der Waals surface area contributed by atoms with Gasteiger partial charge in [0, 0.05) is 18.2 Å². The number of hydrogen-bond donors (Lipinski definition) is 1. The highest BCUT2D eigenvalue weighted by Crippen LogP contribution is 2.24. The molecule has 5 heteroatoms. The average molecular weight is 341 g/mol. The number of carboxylic acid groups (broad SMARTS) is 1. The number of aryl methyl sites for hydroxylation is 1. The Bertz CT molecular complexity index is 818. The smallest absolute Gasteiger partial charge is 0.335 e. The van der Waals surface area contributed by atoms with Crippen LogP contribution in [0.5, 0.6) is 0 Å². The summed E-state index contributed by atoms with van der Waals surface area (Å²) in [5, 5.41) is 9.19. The van der Waals surface area contributed by atoms with E-state index in [1.807, 2.05) is 6.07 Å². The lowest BCUT2D eigenvalue weighted by Gasteiger charge is -2.25. The number of aromatic carboxylic acids is 1. The van der Waals surface area contributed by atoms with Gasteiger partial charge in [0.15, 0.2) is 0 Å². The highest BCUT2D eigenvalue weighted by molar-refractivity contribution is 5.98. The third-order valence-electron chi connectivity index (χ3n) is 4.57. The van der Waals surface area contributed by atoms with Crippen molar-refractivity contribution in [2.75, 3.05) is 6.54 Å². The van der Waals surface area contributed by atoms with Crippen molar-refractivity contribution in [3.63, 3.8) is 0 Å². The molecule has 1 aliphatic rings. The molecule has 1 aliphatic heterocycles. The molecule has 1 N–H and O–H groups in total. The molecule has 2 aromatic rings. The quantitative estimate of drug-likeness (QED) is 0.923. The van der Waals surface area contributed by atoms with Crippen LogP contribution in [-0.4, -0.2) is 34.5 Å². The molecule has 0 saturated carbocycles. The summed E-state index contributed by atoms with van der Waals surface area (Å²) in [6.45, 7) is 2.41. The predicted molar refractivity (Wildman–Crippen MR) is 92.3 cm³/mol. The zero-order valence-electron chi connectivity index (χ0n) is 14.0. The number of hydrogen-bond acceptors (Lipinski definition) is 2. The second kappa shape index (κ2) is 7.05. The minimum absolute atomic E-state index is 0.00286. The molecular formula is C20H20FNO3. The fourth-order valence-electron chi connectivity index (χ4n) is 3.45. The lowest BCUT2D eigenvalue weighted by molar-refractivity contribution is 0.0696. The monoisotopic (exact) mass is 341 g/mol. The van der Waals surface area contributed by atoms with Crippen LogP contribution < -0.4 is 0 Å². The lowest BCUT2D eigenvalue weighted by Crippen LogP contribution is -2.37. The van der Waals surface area contributed by atoms with E-state index in [2.05, 4.69) is 0 Å². The van der Waals surface area contributed by atoms with Crippen LogP contribution in [0.1, 0.15) is 44.7 Å². The zero-order valence-corrected chi connectivity index (χ0v) is 14.0. The standard InChI is InChI=1S/C20H20FNO3/c1-13-8-15(12-16(9-13)20(24)25)19(23)22-7-3-6-18(22)11-14-4-2-5-17(21)10-14/h2,4-5,8-10,12,18H,3,6-7,11H2,1H3,(H,24,25). The molecule has 0 bridgehead atoms. The summed E-state index contributed by atoms with van der Waals surface area (Å²) in [4.78, 5) is 25.9. The van der Waals surface area contributed by atoms with Crippen LogP contribution in [0.2, 0.25) is 0 Å². The Hall–Kier alpha value is -2.69. The molecule has 0 aliphatic carbocycles. The molecule has 0 radical (unpaired) electrons. The normalized spacial score (nSPS) is 16.9. The summed E-state index contributed by atoms with van der Waals surface area (Å²) in [5.41, 5.74) is 2.11. The Morgan fingerprint density at radius 1 is 1.20 bits per heavy atom. The third-order valence-corrected chi connectivity index (χ3v) is 4.57. The van der Waals surface area contributed by atoms with Gasteiger partial charge >= 0.3 is 5.97 Å². The van der Waals surface area contributed by atoms with Crippen LogP contribution in [0.3, 0.4) is 0 Å². The molecule has 4 nitrogen and oxygen atoms in total. The number of halogens is 1. The maximum Gasteiger partial charge on any atom is 0.335 e. The van der Waals surface area contributed by atoms with Crippen molar-refractivity contribution in [1.82, 2.24) is 4.90 Å². The van der Waals surface area contributed by atoms with Crippen molar-refractivity contribution in [3.8, 4) is 0 Å². The Morgan fingerprint density at radius 3 is 2.68 bits per heavy atom. The summed E-state index contributed by atoms with van der Waals surface area (Å²) >= 11 is 0. The maximum absolute atomic E-state index is 13.4. The topological polar surface area (TPSA) is 57.6 Å². The number of carboxylic acids is 1. The van der Waals surface area contributed by atoms with Crippen molar-refractivity contribution in [2.24, 2.45) is 0 Å². The van der Waals surface area contributed by atoms with Gasteiger partial charge in [-0.05, 0) is 67.6 Å². The van der Waals surface area contributed by atoms with Crippen LogP contribution in [0.4, 0.5) is 4.39 Å². The molecule has 3 rings (SSSR count). The Balaban J connectivity index is 1.82. The van der Waals surface area contributed by atoms with Crippen LogP contribution in [0, 0.1) is 12.7 Å². The number of likely N-dealkylation sites (tertiary alicyclic amines) is 1. The fourth-order valence-corrected chi connectivity index (χ4v) is 3.45. The molecule has 25 heavy (non-hydrogen) atoms. The van der Waals surface area contributed by atoms with Gasteiger partial charge in [0.05, 0.1) is 5.56 Å². The molecule has 2 aromatic carbocycles. The summed E-state index contributed by atoms with van der Waals surface area (Å²) < 4.78 is 13.4. The maximum atomic E-state index is 13.4. The second-order valence-electron chi connectivity index (χ2n) is 6.52. The molecule has 0 aromatic heterocycles. The minimum Gasteiger partial charge on any atom is -0.478 e. The van der Waals surface area contributed by atoms with Crippen LogP contribution >= 0.6 is 0 Å². The summed E-state index contributed by atoms with van der Waals surface area (Å²) in [6, 6.07) is 11.1. The van der Waals surface area contributed by atoms with Crippen molar-refractivity contribution >= 4 is 11.9 Å². The number of carbonyl (C=O) groups is 2. The van der Waals surface area contributed by atoms with E-state index in [0.717, 1.165) is 24.0 Å². The van der Waals surface area contributed by atoms with Gasteiger partial charge < -0.3 is 10.0 Å². The van der Waals surface area contributed by atoms with Gasteiger partial charge in [0.1, 0.15) is 5.82 Å². The molecule has 1 atom stereocenters. The zero-order chi connectivity index (χ0) is 18.0. The molecule has 1 fully saturated rings. The van der Waals surface area contributed by atoms with Gasteiger partial charge in [-0.15, -0.1) is 0 Å². The van der Waals surface area contributed by atoms with Gasteiger partial charge in [-0.3, -0.25) is 4.79 Å². The van der Waals surface area contributed by atoms with Crippen molar-refractivity contribution in [3.05, 3.63) is 70.5 Å². The van der Waals surface area contributed by atoms with E-state index in [1.54, 1.807) is 30.0 Å². The largest absolute Gasteiger partial charge is 0.478 e. The van der Waals surface area contributed by atoms with Crippen LogP contribution in [0.15, 0.2) is 42.5 Å². The van der Waals surface area contributed by atoms with E-state index in [4.69, 9.17) is 0 Å². The lowest BCUT2D eigenvalue weighted by atomic mass is 10.0. The summed E-state index contributed by atoms with van der Waals surface area (Å²) in [6.07, 6.45) is 2.35. The minimum atomic E-state index is -1.05. The highest BCUT2D eigenvalue weighted by atomic mass is 19.1. The first kappa shape index (κ1) is 17.1. The van der Waals surface area contributed by atoms with Crippen molar-refractivity contribution in [2.45, 2.75) is 32.2 Å². The summed E-state index contributed by atoms with van der Waals surface area (Å²) in [5.74, 6) is -1.49. The number of amides is 1. The average Bonchev–Trinajstić information content (AvgIpc) is 3.01. The van der Waals surface area contributed by atoms with E-state index < -0.39 is 5.97 Å². The van der Waals surface area contributed by atoms with E-state index in [0.29, 0.717) is 18.5 Å². The SMILES string of the molecule is Cc1cc(C(=O)O)cc(C(=O)N2CCCC2Cc2cccc(F)c2)c1. The second-order valence-corrected chi connectivity index (χ2v) is 6.52. The van der Waals surface area contributed by atoms with Crippen LogP contribution in [0.25, 0.3) is 0 Å². The molecular weight excluding hydrogens is 321 g/mol. The van der Waals surface area contributed by atoms with Gasteiger partial charge in [-0.25, -0.2) is 9.18 Å². The molecule has 1 unspecified atom stereocenters. The predicted octanol–water partition coefficient (Wildman–Crippen LogP) is 3.68. The Morgan fingerprint density at radius 2 is 1.96 bits per heavy atom. The molecule has 1 saturated heterocycles. The van der Waals surface area contributed by atoms with Gasteiger partial charge in [0.25, 0.3) is 5.91 Å². The van der Waals surface area contributed by atoms with Crippen molar-refractivity contribution in [1.29, 1.82) is 0 Å². The van der Waals surface area contributed by atoms with E-state index >= 15 is 0 Å². The van der Waals surface area contributed by atoms with Crippen LogP contribution in [-0.2, 0) is 6.42 Å². The first-order chi connectivity index (χ1) is 11.9. The number of benzene rings is 2. The molecule has 130 valence electrons. The third kappa shape index (κ3) is 3.87. The summed E-state index contributed by atoms with van der Waals surface area (Å²) in [7, 11) is 0. The number of carbonyl (C=O) groups excluding carboxylic acids is 1. The van der Waals surface area contributed by atoms with E-state index in [1.165, 1.54) is 18.2 Å². The Kier molecular flexibility index (Phi) is 4.83. The first-order valence-electron chi connectivity index (χ1n) is 8.34. The van der Waals surface area contributed by atoms with Crippen molar-refractivity contribution < 1.29 is 19.1 Å². The molecule has 1 amide bonds. The van der Waals surface area contributed by atoms with Gasteiger partial charge in [-0.1, -0.05) is 12.1 Å². The number of rotatable bonds is 4. The highest BCUT2D eigenvalue weighted by Gasteiger charge is 2.30. The first-order valence-corrected chi connectivity index (χ1v) is 8.34.